The maximum atomic E-state index is 12.6. The lowest BCUT2D eigenvalue weighted by Gasteiger charge is -2.20. The number of unbranched alkanes of at least 4 members (excludes halogenated alkanes) is 12. The molecular formula is C42H71O11P. The molecule has 0 amide bonds. The van der Waals surface area contributed by atoms with Crippen molar-refractivity contribution in [1.82, 2.24) is 0 Å². The van der Waals surface area contributed by atoms with E-state index >= 15 is 0 Å². The summed E-state index contributed by atoms with van der Waals surface area (Å²) in [6, 6.07) is 0. The number of aliphatic hydroxyl groups is 2. The average molecular weight is 783 g/mol. The quantitative estimate of drug-likeness (QED) is 0.0137. The summed E-state index contributed by atoms with van der Waals surface area (Å²) in [6.45, 7) is 2.07. The molecule has 54 heavy (non-hydrogen) atoms. The number of rotatable bonds is 37. The third-order valence-electron chi connectivity index (χ3n) is 8.12. The van der Waals surface area contributed by atoms with Crippen molar-refractivity contribution in [3.05, 3.63) is 60.8 Å². The molecule has 3 atom stereocenters. The molecule has 0 aromatic rings. The first-order valence-electron chi connectivity index (χ1n) is 20.2. The van der Waals surface area contributed by atoms with Gasteiger partial charge in [-0.25, -0.2) is 4.57 Å². The third kappa shape index (κ3) is 36.3. The minimum absolute atomic E-state index is 0.122. The average Bonchev–Trinajstić information content (AvgIpc) is 3.15. The number of allylic oxidation sites excluding steroid dienone is 10. The highest BCUT2D eigenvalue weighted by molar-refractivity contribution is 7.47. The van der Waals surface area contributed by atoms with Crippen molar-refractivity contribution in [2.75, 3.05) is 26.4 Å². The summed E-state index contributed by atoms with van der Waals surface area (Å²) in [5, 5.41) is 18.3. The summed E-state index contributed by atoms with van der Waals surface area (Å²) in [4.78, 5) is 46.6. The Morgan fingerprint density at radius 2 is 1.13 bits per heavy atom. The SMILES string of the molecule is CCCCC/C=C\C/C=C\C/C=C\CCCCC(=O)OC[C@H](COP(=O)(O)OC[C@@H](O)CO)OC(=O)CCCCCCC/C=C\C=C\C(=O)CCCCC. The molecule has 0 spiro atoms. The highest BCUT2D eigenvalue weighted by Gasteiger charge is 2.27. The van der Waals surface area contributed by atoms with E-state index in [0.717, 1.165) is 83.5 Å². The number of carbonyl (C=O) groups excluding carboxylic acids is 3. The Hall–Kier alpha value is -2.66. The van der Waals surface area contributed by atoms with Gasteiger partial charge < -0.3 is 24.6 Å². The van der Waals surface area contributed by atoms with E-state index in [1.165, 1.54) is 19.3 Å². The lowest BCUT2D eigenvalue weighted by molar-refractivity contribution is -0.161. The second kappa shape index (κ2) is 37.3. The third-order valence-corrected chi connectivity index (χ3v) is 9.07. The van der Waals surface area contributed by atoms with Crippen LogP contribution in [0.1, 0.15) is 149 Å². The Bertz CT molecular complexity index is 1150. The molecule has 0 aromatic carbocycles. The fourth-order valence-electron chi connectivity index (χ4n) is 4.92. The second-order valence-corrected chi connectivity index (χ2v) is 14.8. The van der Waals surface area contributed by atoms with Crippen LogP contribution in [0.2, 0.25) is 0 Å². The van der Waals surface area contributed by atoms with Gasteiger partial charge in [-0.1, -0.05) is 113 Å². The van der Waals surface area contributed by atoms with Gasteiger partial charge in [-0.2, -0.15) is 0 Å². The van der Waals surface area contributed by atoms with E-state index in [4.69, 9.17) is 19.1 Å². The maximum absolute atomic E-state index is 12.6. The summed E-state index contributed by atoms with van der Waals surface area (Å²) in [5.74, 6) is -0.879. The number of phosphoric ester groups is 1. The van der Waals surface area contributed by atoms with E-state index in [0.29, 0.717) is 19.3 Å². The first-order valence-corrected chi connectivity index (χ1v) is 21.7. The van der Waals surface area contributed by atoms with E-state index in [1.54, 1.807) is 12.2 Å². The van der Waals surface area contributed by atoms with Gasteiger partial charge in [-0.3, -0.25) is 23.4 Å². The zero-order chi connectivity index (χ0) is 40.0. The van der Waals surface area contributed by atoms with E-state index in [9.17, 15) is 28.9 Å². The predicted octanol–water partition coefficient (Wildman–Crippen LogP) is 9.51. The molecule has 3 N–H and O–H groups in total. The van der Waals surface area contributed by atoms with Crippen molar-refractivity contribution in [2.24, 2.45) is 0 Å². The second-order valence-electron chi connectivity index (χ2n) is 13.3. The molecule has 310 valence electrons. The number of phosphoric acid groups is 1. The van der Waals surface area contributed by atoms with Crippen LogP contribution in [-0.4, -0.2) is 71.5 Å². The minimum atomic E-state index is -4.65. The highest BCUT2D eigenvalue weighted by Crippen LogP contribution is 2.43. The molecule has 0 aliphatic heterocycles. The summed E-state index contributed by atoms with van der Waals surface area (Å²) >= 11 is 0. The molecule has 0 fully saturated rings. The molecular weight excluding hydrogens is 711 g/mol. The maximum Gasteiger partial charge on any atom is 0.472 e. The van der Waals surface area contributed by atoms with Crippen LogP contribution in [0.3, 0.4) is 0 Å². The van der Waals surface area contributed by atoms with Gasteiger partial charge in [0.05, 0.1) is 19.8 Å². The number of hydrogen-bond acceptors (Lipinski definition) is 10. The molecule has 0 rings (SSSR count). The lowest BCUT2D eigenvalue weighted by atomic mass is 10.1. The first kappa shape index (κ1) is 51.3. The van der Waals surface area contributed by atoms with Crippen LogP contribution in [0, 0.1) is 0 Å². The van der Waals surface area contributed by atoms with Crippen LogP contribution in [0.5, 0.6) is 0 Å². The smallest absolute Gasteiger partial charge is 0.462 e. The first-order chi connectivity index (χ1) is 26.1. The molecule has 0 saturated carbocycles. The molecule has 0 aliphatic carbocycles. The van der Waals surface area contributed by atoms with E-state index < -0.39 is 51.8 Å². The van der Waals surface area contributed by atoms with Gasteiger partial charge in [0.1, 0.15) is 12.7 Å². The highest BCUT2D eigenvalue weighted by atomic mass is 31.2. The summed E-state index contributed by atoms with van der Waals surface area (Å²) in [5.41, 5.74) is 0. The molecule has 11 nitrogen and oxygen atoms in total. The van der Waals surface area contributed by atoms with E-state index in [-0.39, 0.29) is 25.2 Å². The molecule has 1 unspecified atom stereocenters. The van der Waals surface area contributed by atoms with Gasteiger partial charge in [0.25, 0.3) is 0 Å². The van der Waals surface area contributed by atoms with Crippen LogP contribution in [-0.2, 0) is 37.5 Å². The van der Waals surface area contributed by atoms with Crippen molar-refractivity contribution in [1.29, 1.82) is 0 Å². The molecule has 12 heteroatoms. The van der Waals surface area contributed by atoms with Gasteiger partial charge >= 0.3 is 19.8 Å². The molecule has 0 aliphatic rings. The number of hydrogen-bond donors (Lipinski definition) is 3. The van der Waals surface area contributed by atoms with Crippen molar-refractivity contribution >= 4 is 25.5 Å². The fraction of sp³-hybridized carbons (Fsp3) is 0.690. The van der Waals surface area contributed by atoms with Gasteiger partial charge in [0, 0.05) is 19.3 Å². The van der Waals surface area contributed by atoms with Crippen molar-refractivity contribution in [2.45, 2.75) is 161 Å². The normalized spacial score (nSPS) is 14.5. The Balaban J connectivity index is 4.49. The number of carbonyl (C=O) groups is 3. The number of aliphatic hydroxyl groups excluding tert-OH is 2. The summed E-state index contributed by atoms with van der Waals surface area (Å²) in [6.07, 6.45) is 36.0. The van der Waals surface area contributed by atoms with E-state index in [1.807, 2.05) is 12.2 Å². The van der Waals surface area contributed by atoms with Crippen molar-refractivity contribution in [3.8, 4) is 0 Å². The van der Waals surface area contributed by atoms with Crippen LogP contribution in [0.25, 0.3) is 0 Å². The fourth-order valence-corrected chi connectivity index (χ4v) is 5.71. The van der Waals surface area contributed by atoms with Crippen LogP contribution >= 0.6 is 7.82 Å². The lowest BCUT2D eigenvalue weighted by Crippen LogP contribution is -2.29. The van der Waals surface area contributed by atoms with Crippen LogP contribution < -0.4 is 0 Å². The van der Waals surface area contributed by atoms with Gasteiger partial charge in [-0.15, -0.1) is 0 Å². The van der Waals surface area contributed by atoms with Crippen LogP contribution in [0.15, 0.2) is 60.8 Å². The van der Waals surface area contributed by atoms with Crippen LogP contribution in [0.4, 0.5) is 0 Å². The van der Waals surface area contributed by atoms with Crippen molar-refractivity contribution in [3.63, 3.8) is 0 Å². The molecule has 0 heterocycles. The molecule has 0 aromatic heterocycles. The van der Waals surface area contributed by atoms with Crippen molar-refractivity contribution < 1.29 is 52.6 Å². The number of ether oxygens (including phenoxy) is 2. The summed E-state index contributed by atoms with van der Waals surface area (Å²) < 4.78 is 32.5. The number of esters is 2. The van der Waals surface area contributed by atoms with E-state index in [2.05, 4.69) is 54.8 Å². The monoisotopic (exact) mass is 782 g/mol. The Labute approximate surface area is 325 Å². The topological polar surface area (TPSA) is 166 Å². The van der Waals surface area contributed by atoms with Gasteiger partial charge in [0.2, 0.25) is 0 Å². The zero-order valence-electron chi connectivity index (χ0n) is 33.2. The molecule has 0 radical (unpaired) electrons. The predicted molar refractivity (Wildman–Crippen MR) is 215 cm³/mol. The largest absolute Gasteiger partial charge is 0.472 e. The Morgan fingerprint density at radius 1 is 0.611 bits per heavy atom. The number of ketones is 1. The summed E-state index contributed by atoms with van der Waals surface area (Å²) in [7, 11) is -4.65. The minimum Gasteiger partial charge on any atom is -0.462 e. The Morgan fingerprint density at radius 3 is 1.81 bits per heavy atom. The van der Waals surface area contributed by atoms with Gasteiger partial charge in [0.15, 0.2) is 11.9 Å². The Kier molecular flexibility index (Phi) is 35.4. The van der Waals surface area contributed by atoms with Gasteiger partial charge in [-0.05, 0) is 76.7 Å². The zero-order valence-corrected chi connectivity index (χ0v) is 34.1. The molecule has 0 saturated heterocycles. The standard InChI is InChI=1S/C42H71O11P/c1-3-5-7-8-9-10-11-12-13-14-15-18-21-24-28-32-41(46)50-36-40(37-52-54(48,49)51-35-39(45)34-43)53-42(47)33-29-25-22-19-16-17-20-23-27-31-38(44)30-26-6-4-2/h9-10,12-13,15,18,20,23,27,31,39-40,43,45H,3-8,11,14,16-17,19,21-22,24-26,28-30,32-37H2,1-2H3,(H,48,49)/b10-9-,13-12-,18-15-,23-20-,31-27+/t39-,40+/m0/s1. The molecule has 0 bridgehead atoms.